The maximum Gasteiger partial charge on any atom is 0.163 e. The minimum absolute atomic E-state index is 0.213. The Bertz CT molecular complexity index is 1090. The third-order valence-electron chi connectivity index (χ3n) is 7.71. The highest BCUT2D eigenvalue weighted by molar-refractivity contribution is 6.15. The first-order valence-corrected chi connectivity index (χ1v) is 15.0. The van der Waals surface area contributed by atoms with Gasteiger partial charge in [-0.15, -0.1) is 0 Å². The predicted octanol–water partition coefficient (Wildman–Crippen LogP) is 8.16. The molecule has 0 aliphatic carbocycles. The van der Waals surface area contributed by atoms with Crippen LogP contribution in [0, 0.1) is 0 Å². The summed E-state index contributed by atoms with van der Waals surface area (Å²) in [6.07, 6.45) is 7.41. The first-order valence-electron chi connectivity index (χ1n) is 15.0. The lowest BCUT2D eigenvalue weighted by Crippen LogP contribution is -2.25. The lowest BCUT2D eigenvalue weighted by molar-refractivity contribution is 0.0971. The van der Waals surface area contributed by atoms with E-state index in [9.17, 15) is 9.59 Å². The first kappa shape index (κ1) is 30.0. The molecule has 206 valence electrons. The molecule has 0 aliphatic heterocycles. The summed E-state index contributed by atoms with van der Waals surface area (Å²) in [5.74, 6) is 0.426. The summed E-state index contributed by atoms with van der Waals surface area (Å²) >= 11 is 0. The van der Waals surface area contributed by atoms with Crippen LogP contribution in [0.4, 0.5) is 0 Å². The molecule has 0 atom stereocenters. The Kier molecular flexibility index (Phi) is 12.4. The lowest BCUT2D eigenvalue weighted by atomic mass is 9.92. The van der Waals surface area contributed by atoms with Crippen LogP contribution in [0.2, 0.25) is 0 Å². The average molecular weight is 517 g/mol. The Morgan fingerprint density at radius 3 is 1.37 bits per heavy atom. The minimum atomic E-state index is 0.213. The Hall–Kier alpha value is -2.56. The van der Waals surface area contributed by atoms with Crippen LogP contribution >= 0.6 is 0 Å². The van der Waals surface area contributed by atoms with Gasteiger partial charge in [-0.3, -0.25) is 9.59 Å². The normalized spacial score (nSPS) is 11.7. The zero-order chi connectivity index (χ0) is 27.3. The fraction of sp³-hybridized carbons (Fsp3) is 0.529. The summed E-state index contributed by atoms with van der Waals surface area (Å²) in [5.41, 5.74) is 1.60. The van der Waals surface area contributed by atoms with Crippen LogP contribution in [0.5, 0.6) is 0 Å². The molecule has 0 aliphatic rings. The Morgan fingerprint density at radius 1 is 0.579 bits per heavy atom. The number of fused-ring (bicyclic) bond motifs is 2. The molecule has 0 saturated heterocycles. The number of unbranched alkanes of at least 4 members (excludes halogenated alkanes) is 2. The van der Waals surface area contributed by atoms with Crippen LogP contribution in [0.1, 0.15) is 99.8 Å². The second-order valence-corrected chi connectivity index (χ2v) is 10.5. The van der Waals surface area contributed by atoms with E-state index < -0.39 is 0 Å². The molecule has 3 aromatic rings. The van der Waals surface area contributed by atoms with E-state index in [1.54, 1.807) is 0 Å². The van der Waals surface area contributed by atoms with Crippen molar-refractivity contribution in [1.82, 2.24) is 9.80 Å². The number of nitrogens with zero attached hydrogens (tertiary/aromatic N) is 2. The Morgan fingerprint density at radius 2 is 1.00 bits per heavy atom. The minimum Gasteiger partial charge on any atom is -0.304 e. The van der Waals surface area contributed by atoms with Crippen LogP contribution in [0.15, 0.2) is 48.5 Å². The van der Waals surface area contributed by atoms with Crippen molar-refractivity contribution in [2.45, 2.75) is 79.1 Å². The molecule has 0 fully saturated rings. The molecular formula is C34H48N2O2. The number of carbonyl (C=O) groups excluding carboxylic acids is 2. The molecule has 3 aromatic carbocycles. The van der Waals surface area contributed by atoms with E-state index in [0.29, 0.717) is 12.8 Å². The van der Waals surface area contributed by atoms with Gasteiger partial charge in [-0.1, -0.05) is 64.1 Å². The van der Waals surface area contributed by atoms with Crippen LogP contribution in [-0.2, 0) is 0 Å². The quantitative estimate of drug-likeness (QED) is 0.0971. The monoisotopic (exact) mass is 516 g/mol. The van der Waals surface area contributed by atoms with Crippen molar-refractivity contribution in [3.05, 3.63) is 59.7 Å². The Labute approximate surface area is 230 Å². The van der Waals surface area contributed by atoms with Gasteiger partial charge >= 0.3 is 0 Å². The fourth-order valence-corrected chi connectivity index (χ4v) is 5.54. The van der Waals surface area contributed by atoms with E-state index in [4.69, 9.17) is 0 Å². The van der Waals surface area contributed by atoms with E-state index in [2.05, 4.69) is 61.8 Å². The molecule has 0 unspecified atom stereocenters. The van der Waals surface area contributed by atoms with Gasteiger partial charge in [0.1, 0.15) is 0 Å². The summed E-state index contributed by atoms with van der Waals surface area (Å²) < 4.78 is 0. The maximum absolute atomic E-state index is 13.2. The Balaban J connectivity index is 1.70. The van der Waals surface area contributed by atoms with Gasteiger partial charge in [0.05, 0.1) is 0 Å². The molecule has 0 radical (unpaired) electrons. The highest BCUT2D eigenvalue weighted by atomic mass is 16.1. The number of ketones is 2. The fourth-order valence-electron chi connectivity index (χ4n) is 5.54. The van der Waals surface area contributed by atoms with E-state index in [1.807, 2.05) is 24.3 Å². The molecule has 3 rings (SSSR count). The molecule has 0 spiro atoms. The molecule has 0 heterocycles. The van der Waals surface area contributed by atoms with Crippen molar-refractivity contribution < 1.29 is 9.59 Å². The zero-order valence-electron chi connectivity index (χ0n) is 24.2. The van der Waals surface area contributed by atoms with Crippen molar-refractivity contribution in [3.8, 4) is 0 Å². The summed E-state index contributed by atoms with van der Waals surface area (Å²) in [6, 6.07) is 16.2. The van der Waals surface area contributed by atoms with Gasteiger partial charge in [0.2, 0.25) is 0 Å². The molecule has 0 N–H and O–H groups in total. The van der Waals surface area contributed by atoms with Gasteiger partial charge in [-0.25, -0.2) is 0 Å². The maximum atomic E-state index is 13.2. The van der Waals surface area contributed by atoms with Crippen molar-refractivity contribution in [2.24, 2.45) is 0 Å². The summed E-state index contributed by atoms with van der Waals surface area (Å²) in [4.78, 5) is 31.3. The van der Waals surface area contributed by atoms with E-state index in [1.165, 1.54) is 12.8 Å². The third-order valence-corrected chi connectivity index (χ3v) is 7.71. The highest BCUT2D eigenvalue weighted by Crippen LogP contribution is 2.29. The number of rotatable bonds is 18. The lowest BCUT2D eigenvalue weighted by Gasteiger charge is -2.19. The molecular weight excluding hydrogens is 468 g/mol. The van der Waals surface area contributed by atoms with Gasteiger partial charge in [-0.05, 0) is 111 Å². The SMILES string of the molecule is CCCN(CC)CCCCC(=O)c1cccc2cc3c(C(=O)CCCCN(CC)CCC)cccc3cc12. The summed E-state index contributed by atoms with van der Waals surface area (Å²) in [7, 11) is 0. The largest absolute Gasteiger partial charge is 0.304 e. The predicted molar refractivity (Wildman–Crippen MR) is 163 cm³/mol. The van der Waals surface area contributed by atoms with E-state index in [-0.39, 0.29) is 11.6 Å². The van der Waals surface area contributed by atoms with Crippen molar-refractivity contribution in [2.75, 3.05) is 39.3 Å². The second-order valence-electron chi connectivity index (χ2n) is 10.5. The van der Waals surface area contributed by atoms with Crippen molar-refractivity contribution >= 4 is 33.1 Å². The van der Waals surface area contributed by atoms with Gasteiger partial charge in [0.25, 0.3) is 0 Å². The van der Waals surface area contributed by atoms with E-state index in [0.717, 1.165) is 97.6 Å². The van der Waals surface area contributed by atoms with Crippen LogP contribution in [-0.4, -0.2) is 60.6 Å². The first-order chi connectivity index (χ1) is 18.5. The van der Waals surface area contributed by atoms with E-state index >= 15 is 0 Å². The zero-order valence-corrected chi connectivity index (χ0v) is 24.2. The topological polar surface area (TPSA) is 40.6 Å². The van der Waals surface area contributed by atoms with Gasteiger partial charge in [0.15, 0.2) is 11.6 Å². The van der Waals surface area contributed by atoms with Gasteiger partial charge in [-0.2, -0.15) is 0 Å². The van der Waals surface area contributed by atoms with Crippen molar-refractivity contribution in [1.29, 1.82) is 0 Å². The highest BCUT2D eigenvalue weighted by Gasteiger charge is 2.15. The molecule has 4 nitrogen and oxygen atoms in total. The van der Waals surface area contributed by atoms with Crippen molar-refractivity contribution in [3.63, 3.8) is 0 Å². The van der Waals surface area contributed by atoms with Crippen LogP contribution in [0.25, 0.3) is 21.5 Å². The number of carbonyl (C=O) groups is 2. The summed E-state index contributed by atoms with van der Waals surface area (Å²) in [5, 5.41) is 4.04. The number of hydrogen-bond donors (Lipinski definition) is 0. The second kappa shape index (κ2) is 15.8. The molecule has 0 bridgehead atoms. The average Bonchev–Trinajstić information content (AvgIpc) is 2.94. The van der Waals surface area contributed by atoms with Crippen LogP contribution in [0.3, 0.4) is 0 Å². The third kappa shape index (κ3) is 8.22. The molecule has 0 amide bonds. The number of benzene rings is 3. The molecule has 0 saturated carbocycles. The number of Topliss-reactive ketones (excluding diaryl/α,β-unsaturated/α-hetero) is 2. The summed E-state index contributed by atoms with van der Waals surface area (Å²) in [6.45, 7) is 15.3. The molecule has 38 heavy (non-hydrogen) atoms. The van der Waals surface area contributed by atoms with Crippen LogP contribution < -0.4 is 0 Å². The number of hydrogen-bond acceptors (Lipinski definition) is 4. The molecule has 0 aromatic heterocycles. The smallest absolute Gasteiger partial charge is 0.163 e. The standard InChI is InChI=1S/C34H48N2O2/c1-5-21-35(7-3)23-11-9-19-33(37)29-17-13-15-27-26-32-28(25-31(27)29)16-14-18-30(32)34(38)20-10-12-24-36(8-4)22-6-2/h13-18,25-26H,5-12,19-24H2,1-4H3. The van der Waals surface area contributed by atoms with Gasteiger partial charge in [0, 0.05) is 24.0 Å². The van der Waals surface area contributed by atoms with Gasteiger partial charge < -0.3 is 9.80 Å². The molecule has 4 heteroatoms.